The minimum atomic E-state index is -4.60. The van der Waals surface area contributed by atoms with Gasteiger partial charge in [0, 0.05) is 17.1 Å². The molecule has 0 saturated heterocycles. The van der Waals surface area contributed by atoms with Crippen LogP contribution in [0.25, 0.3) is 10.9 Å². The average Bonchev–Trinajstić information content (AvgIpc) is 2.80. The Kier molecular flexibility index (Phi) is 4.55. The van der Waals surface area contributed by atoms with E-state index in [1.165, 1.54) is 0 Å². The van der Waals surface area contributed by atoms with Crippen molar-refractivity contribution >= 4 is 42.3 Å². The van der Waals surface area contributed by atoms with Crippen LogP contribution in [0.5, 0.6) is 5.75 Å². The molecule has 0 radical (unpaired) electrons. The van der Waals surface area contributed by atoms with Crippen LogP contribution in [0.1, 0.15) is 11.4 Å². The van der Waals surface area contributed by atoms with Crippen LogP contribution >= 0.6 is 7.82 Å². The fraction of sp³-hybridized carbons (Fsp3) is 0.333. The van der Waals surface area contributed by atoms with Crippen LogP contribution in [0.3, 0.4) is 0 Å². The van der Waals surface area contributed by atoms with Crippen LogP contribution in [-0.4, -0.2) is 62.6 Å². The number of phosphoric ester groups is 1. The normalized spacial score (nSPS) is 14.4. The monoisotopic (exact) mass is 320 g/mol. The molecule has 0 aliphatic heterocycles. The van der Waals surface area contributed by atoms with Crippen molar-refractivity contribution in [3.63, 3.8) is 0 Å². The van der Waals surface area contributed by atoms with Gasteiger partial charge in [0.15, 0.2) is 0 Å². The van der Waals surface area contributed by atoms with E-state index in [1.54, 1.807) is 12.1 Å². The van der Waals surface area contributed by atoms with E-state index < -0.39 is 7.82 Å². The predicted molar refractivity (Wildman–Crippen MR) is 95.8 cm³/mol. The summed E-state index contributed by atoms with van der Waals surface area (Å²) in [5.74, 6) is 0.321. The second-order valence-corrected chi connectivity index (χ2v) is 7.44. The molecule has 1 atom stereocenters. The number of H-pyrrole nitrogens is 1. The summed E-state index contributed by atoms with van der Waals surface area (Å²) >= 11 is 0. The Balaban J connectivity index is 2.59. The molecule has 3 N–H and O–H groups in total. The molecular formula is C12H20B3N2O4P. The average molecular weight is 320 g/mol. The van der Waals surface area contributed by atoms with Gasteiger partial charge in [-0.25, -0.2) is 4.57 Å². The number of benzene rings is 1. The maximum atomic E-state index is 11.2. The Labute approximate surface area is 132 Å². The van der Waals surface area contributed by atoms with E-state index in [0.717, 1.165) is 11.1 Å². The molecule has 0 fully saturated rings. The maximum Gasteiger partial charge on any atom is 0.524 e. The first-order valence-electron chi connectivity index (χ1n) is 7.06. The molecule has 1 unspecified atom stereocenters. The van der Waals surface area contributed by atoms with Crippen LogP contribution in [0.15, 0.2) is 24.4 Å². The smallest absolute Gasteiger partial charge is 0.404 e. The molecule has 0 aliphatic carbocycles. The van der Waals surface area contributed by atoms with Gasteiger partial charge >= 0.3 is 7.82 Å². The number of rotatable bonds is 5. The van der Waals surface area contributed by atoms with E-state index in [1.807, 2.05) is 26.4 Å². The number of aromatic nitrogens is 1. The van der Waals surface area contributed by atoms with Gasteiger partial charge in [0.05, 0.1) is 0 Å². The zero-order chi connectivity index (χ0) is 16.7. The van der Waals surface area contributed by atoms with Crippen LogP contribution in [0.4, 0.5) is 0 Å². The molecule has 6 nitrogen and oxygen atoms in total. The summed E-state index contributed by atoms with van der Waals surface area (Å²) in [5, 5.41) is 0.581. The number of nitrogens with one attached hydrogen (secondary N) is 1. The number of phosphoric acid groups is 1. The number of aromatic amines is 1. The van der Waals surface area contributed by atoms with Gasteiger partial charge in [-0.1, -0.05) is 6.07 Å². The summed E-state index contributed by atoms with van der Waals surface area (Å²) in [6, 6.07) is 5.14. The van der Waals surface area contributed by atoms with Crippen molar-refractivity contribution in [1.82, 2.24) is 9.88 Å². The third kappa shape index (κ3) is 3.28. The van der Waals surface area contributed by atoms with E-state index in [9.17, 15) is 4.57 Å². The molecule has 10 heteroatoms. The lowest BCUT2D eigenvalue weighted by molar-refractivity contribution is 0.284. The zero-order valence-corrected chi connectivity index (χ0v) is 14.4. The highest BCUT2D eigenvalue weighted by Gasteiger charge is 2.31. The van der Waals surface area contributed by atoms with E-state index in [-0.39, 0.29) is 16.9 Å². The van der Waals surface area contributed by atoms with Gasteiger partial charge in [0.1, 0.15) is 29.3 Å². The molecule has 0 amide bonds. The van der Waals surface area contributed by atoms with Crippen LogP contribution in [0, 0.1) is 0 Å². The van der Waals surface area contributed by atoms with E-state index >= 15 is 0 Å². The van der Waals surface area contributed by atoms with Crippen LogP contribution in [-0.2, 0) is 4.57 Å². The van der Waals surface area contributed by atoms with E-state index in [0.29, 0.717) is 5.39 Å². The van der Waals surface area contributed by atoms with Gasteiger partial charge in [-0.05, 0) is 42.9 Å². The van der Waals surface area contributed by atoms with Gasteiger partial charge in [-0.2, -0.15) is 0 Å². The first-order valence-corrected chi connectivity index (χ1v) is 8.59. The third-order valence-corrected chi connectivity index (χ3v) is 5.03. The fourth-order valence-corrected chi connectivity index (χ4v) is 2.90. The highest BCUT2D eigenvalue weighted by Crippen LogP contribution is 2.43. The largest absolute Gasteiger partial charge is 0.524 e. The quantitative estimate of drug-likeness (QED) is 0.476. The van der Waals surface area contributed by atoms with Crippen LogP contribution in [0.2, 0.25) is 0 Å². The molecule has 0 saturated carbocycles. The van der Waals surface area contributed by atoms with E-state index in [2.05, 4.69) is 33.4 Å². The zero-order valence-electron chi connectivity index (χ0n) is 13.5. The Morgan fingerprint density at radius 1 is 1.36 bits per heavy atom. The predicted octanol–water partition coefficient (Wildman–Crippen LogP) is -1.20. The number of hydrogen-bond donors (Lipinski definition) is 3. The topological polar surface area (TPSA) is 85.8 Å². The third-order valence-electron chi connectivity index (χ3n) is 4.59. The van der Waals surface area contributed by atoms with Gasteiger partial charge in [-0.3, -0.25) is 9.79 Å². The molecule has 2 aromatic rings. The molecule has 1 aromatic heterocycles. The van der Waals surface area contributed by atoms with Crippen LogP contribution < -0.4 is 4.52 Å². The van der Waals surface area contributed by atoms with Crippen molar-refractivity contribution in [2.45, 2.75) is 11.2 Å². The lowest BCUT2D eigenvalue weighted by atomic mass is 9.47. The number of fused-ring (bicyclic) bond motifs is 1. The van der Waals surface area contributed by atoms with Crippen molar-refractivity contribution < 1.29 is 18.9 Å². The number of hydrogen-bond acceptors (Lipinski definition) is 3. The van der Waals surface area contributed by atoms with Gasteiger partial charge < -0.3 is 14.4 Å². The van der Waals surface area contributed by atoms with Crippen molar-refractivity contribution in [2.75, 3.05) is 14.1 Å². The van der Waals surface area contributed by atoms with Crippen molar-refractivity contribution in [3.8, 4) is 5.75 Å². The highest BCUT2D eigenvalue weighted by atomic mass is 31.2. The van der Waals surface area contributed by atoms with Crippen molar-refractivity contribution in [1.29, 1.82) is 0 Å². The molecule has 0 bridgehead atoms. The maximum absolute atomic E-state index is 11.2. The fourth-order valence-electron chi connectivity index (χ4n) is 2.49. The summed E-state index contributed by atoms with van der Waals surface area (Å²) in [6.45, 7) is 0. The number of nitrogens with zero attached hydrogens (tertiary/aromatic N) is 1. The van der Waals surface area contributed by atoms with Gasteiger partial charge in [0.25, 0.3) is 0 Å². The molecule has 116 valence electrons. The minimum Gasteiger partial charge on any atom is -0.404 e. The number of likely N-dealkylation sites (N-methyl/N-ethyl adjacent to an activating group) is 1. The first-order chi connectivity index (χ1) is 10.0. The Morgan fingerprint density at radius 3 is 2.55 bits per heavy atom. The minimum absolute atomic E-state index is 0.123. The molecule has 1 aromatic carbocycles. The summed E-state index contributed by atoms with van der Waals surface area (Å²) in [7, 11) is 5.77. The van der Waals surface area contributed by atoms with Crippen molar-refractivity contribution in [3.05, 3.63) is 30.0 Å². The summed E-state index contributed by atoms with van der Waals surface area (Å²) < 4.78 is 16.1. The summed E-state index contributed by atoms with van der Waals surface area (Å²) in [4.78, 5) is 23.5. The lowest BCUT2D eigenvalue weighted by Gasteiger charge is -2.39. The van der Waals surface area contributed by atoms with Gasteiger partial charge in [0.2, 0.25) is 0 Å². The molecule has 0 aliphatic rings. The van der Waals surface area contributed by atoms with Crippen molar-refractivity contribution in [2.24, 2.45) is 0 Å². The SMILES string of the molecule is BC(c1c[nH]c2cccc(OP(=O)(O)O)c12)C(B)(B)N(C)C. The summed E-state index contributed by atoms with van der Waals surface area (Å²) in [5.41, 5.74) is 1.76. The molecule has 1 heterocycles. The second kappa shape index (κ2) is 5.82. The molecule has 0 spiro atoms. The first kappa shape index (κ1) is 17.2. The molecule has 22 heavy (non-hydrogen) atoms. The molecule has 2 rings (SSSR count). The van der Waals surface area contributed by atoms with E-state index in [4.69, 9.17) is 14.3 Å². The Morgan fingerprint density at radius 2 is 2.00 bits per heavy atom. The summed E-state index contributed by atoms with van der Waals surface area (Å²) in [6.07, 6.45) is 1.88. The Hall–Kier alpha value is -1.14. The molecular weight excluding hydrogens is 300 g/mol. The van der Waals surface area contributed by atoms with Gasteiger partial charge in [-0.15, -0.1) is 0 Å². The highest BCUT2D eigenvalue weighted by molar-refractivity contribution is 7.46. The Bertz CT molecular complexity index is 728. The lowest BCUT2D eigenvalue weighted by Crippen LogP contribution is -2.50. The standard InChI is InChI=1S/C12H20B3N2O4P/c1-17(2)12(14,15)11(13)7-6-16-8-4-3-5-9(10(7)8)21-22(18,19)20/h3-6,11,16H,13-15H2,1-2H3,(H2,18,19,20). The second-order valence-electron chi connectivity index (χ2n) is 6.27.